The molecule has 0 N–H and O–H groups in total. The predicted molar refractivity (Wildman–Crippen MR) is 141 cm³/mol. The lowest BCUT2D eigenvalue weighted by molar-refractivity contribution is 0.414. The molecule has 0 aliphatic carbocycles. The lowest BCUT2D eigenvalue weighted by Gasteiger charge is -2.17. The van der Waals surface area contributed by atoms with Gasteiger partial charge >= 0.3 is 0 Å². The molecule has 0 saturated heterocycles. The first-order chi connectivity index (χ1) is 16.9. The van der Waals surface area contributed by atoms with Crippen LogP contribution in [0, 0.1) is 0 Å². The van der Waals surface area contributed by atoms with E-state index >= 15 is 0 Å². The van der Waals surface area contributed by atoms with E-state index in [-0.39, 0.29) is 5.56 Å². The van der Waals surface area contributed by atoms with Gasteiger partial charge in [-0.2, -0.15) is 5.10 Å². The Kier molecular flexibility index (Phi) is 5.86. The lowest BCUT2D eigenvalue weighted by atomic mass is 10.1. The standard InChI is InChI=1S/C27H25ClN4O3/c1-30(2)26-24-25(29-32(26)23-15-19(35-4)13-14-21(23)28)20-7-5-6-8-22(20)31(27(24)33)16-17-9-11-18(34-3)12-10-17/h5-15H,16H2,1-4H3. The smallest absolute Gasteiger partial charge is 0.264 e. The first kappa shape index (κ1) is 22.8. The molecule has 35 heavy (non-hydrogen) atoms. The molecule has 0 saturated carbocycles. The van der Waals surface area contributed by atoms with E-state index in [0.717, 1.165) is 22.2 Å². The van der Waals surface area contributed by atoms with E-state index in [9.17, 15) is 4.79 Å². The Labute approximate surface area is 207 Å². The summed E-state index contributed by atoms with van der Waals surface area (Å²) in [6.07, 6.45) is 0. The number of rotatable bonds is 6. The molecule has 0 spiro atoms. The van der Waals surface area contributed by atoms with Crippen LogP contribution in [-0.4, -0.2) is 42.7 Å². The average molecular weight is 489 g/mol. The molecule has 2 aromatic heterocycles. The summed E-state index contributed by atoms with van der Waals surface area (Å²) in [6.45, 7) is 0.414. The van der Waals surface area contributed by atoms with E-state index < -0.39 is 0 Å². The summed E-state index contributed by atoms with van der Waals surface area (Å²) in [5.41, 5.74) is 2.94. The third-order valence-electron chi connectivity index (χ3n) is 6.07. The van der Waals surface area contributed by atoms with Crippen molar-refractivity contribution in [3.05, 3.63) is 87.7 Å². The maximum Gasteiger partial charge on any atom is 0.264 e. The quantitative estimate of drug-likeness (QED) is 0.332. The highest BCUT2D eigenvalue weighted by molar-refractivity contribution is 6.32. The molecule has 0 unspecified atom stereocenters. The number of ether oxygens (including phenoxy) is 2. The summed E-state index contributed by atoms with van der Waals surface area (Å²) in [7, 11) is 7.02. The number of halogens is 1. The van der Waals surface area contributed by atoms with Gasteiger partial charge in [0.1, 0.15) is 28.2 Å². The zero-order valence-electron chi connectivity index (χ0n) is 19.9. The molecule has 0 aliphatic rings. The third kappa shape index (κ3) is 3.88. The number of aromatic nitrogens is 3. The molecule has 2 heterocycles. The van der Waals surface area contributed by atoms with Crippen LogP contribution in [0.2, 0.25) is 5.02 Å². The molecule has 0 bridgehead atoms. The number of methoxy groups -OCH3 is 2. The first-order valence-electron chi connectivity index (χ1n) is 11.1. The van der Waals surface area contributed by atoms with Crippen molar-refractivity contribution in [3.63, 3.8) is 0 Å². The van der Waals surface area contributed by atoms with Crippen molar-refractivity contribution < 1.29 is 9.47 Å². The molecule has 0 fully saturated rings. The third-order valence-corrected chi connectivity index (χ3v) is 6.39. The van der Waals surface area contributed by atoms with Crippen molar-refractivity contribution in [3.8, 4) is 17.2 Å². The van der Waals surface area contributed by atoms with Gasteiger partial charge < -0.3 is 18.9 Å². The Morgan fingerprint density at radius 1 is 0.943 bits per heavy atom. The van der Waals surface area contributed by atoms with Gasteiger partial charge in [0.2, 0.25) is 0 Å². The zero-order chi connectivity index (χ0) is 24.7. The van der Waals surface area contributed by atoms with Crippen LogP contribution < -0.4 is 19.9 Å². The number of anilines is 1. The Hall–Kier alpha value is -3.97. The minimum Gasteiger partial charge on any atom is -0.497 e. The molecular formula is C27H25ClN4O3. The summed E-state index contributed by atoms with van der Waals surface area (Å²) in [5, 5.41) is 6.82. The van der Waals surface area contributed by atoms with Gasteiger partial charge in [-0.1, -0.05) is 41.9 Å². The minimum absolute atomic E-state index is 0.122. The zero-order valence-corrected chi connectivity index (χ0v) is 20.7. The average Bonchev–Trinajstić information content (AvgIpc) is 3.28. The largest absolute Gasteiger partial charge is 0.497 e. The summed E-state index contributed by atoms with van der Waals surface area (Å²) in [5.74, 6) is 2.07. The van der Waals surface area contributed by atoms with E-state index in [1.165, 1.54) is 0 Å². The molecule has 0 atom stereocenters. The first-order valence-corrected chi connectivity index (χ1v) is 11.5. The molecular weight excluding hydrogens is 464 g/mol. The number of pyridine rings is 1. The molecule has 3 aromatic carbocycles. The van der Waals surface area contributed by atoms with Gasteiger partial charge in [0.15, 0.2) is 0 Å². The molecule has 8 heteroatoms. The van der Waals surface area contributed by atoms with Crippen molar-refractivity contribution in [1.82, 2.24) is 14.3 Å². The minimum atomic E-state index is -0.122. The summed E-state index contributed by atoms with van der Waals surface area (Å²) in [4.78, 5) is 15.9. The van der Waals surface area contributed by atoms with E-state index in [2.05, 4.69) is 0 Å². The highest BCUT2D eigenvalue weighted by atomic mass is 35.5. The van der Waals surface area contributed by atoms with Gasteiger partial charge in [-0.3, -0.25) is 4.79 Å². The number of fused-ring (bicyclic) bond motifs is 3. The van der Waals surface area contributed by atoms with Crippen LogP contribution in [0.1, 0.15) is 5.56 Å². The predicted octanol–water partition coefficient (Wildman–Crippen LogP) is 5.13. The molecule has 5 rings (SSSR count). The van der Waals surface area contributed by atoms with Crippen LogP contribution in [0.25, 0.3) is 27.5 Å². The fraction of sp³-hybridized carbons (Fsp3) is 0.185. The Morgan fingerprint density at radius 3 is 2.31 bits per heavy atom. The highest BCUT2D eigenvalue weighted by Crippen LogP contribution is 2.34. The fourth-order valence-electron chi connectivity index (χ4n) is 4.38. The van der Waals surface area contributed by atoms with E-state index in [0.29, 0.717) is 39.7 Å². The van der Waals surface area contributed by atoms with E-state index in [1.807, 2.05) is 73.6 Å². The number of benzene rings is 3. The van der Waals surface area contributed by atoms with Crippen molar-refractivity contribution in [1.29, 1.82) is 0 Å². The molecule has 5 aromatic rings. The Balaban J connectivity index is 1.83. The van der Waals surface area contributed by atoms with Crippen molar-refractivity contribution in [2.75, 3.05) is 33.2 Å². The Morgan fingerprint density at radius 2 is 1.63 bits per heavy atom. The molecule has 0 amide bonds. The van der Waals surface area contributed by atoms with Gasteiger partial charge in [0.05, 0.1) is 37.0 Å². The second kappa shape index (κ2) is 9.00. The van der Waals surface area contributed by atoms with Crippen LogP contribution in [-0.2, 0) is 6.54 Å². The van der Waals surface area contributed by atoms with Crippen LogP contribution in [0.4, 0.5) is 5.82 Å². The summed E-state index contributed by atoms with van der Waals surface area (Å²) in [6, 6.07) is 20.9. The van der Waals surface area contributed by atoms with Gasteiger partial charge in [-0.05, 0) is 35.9 Å². The van der Waals surface area contributed by atoms with Crippen LogP contribution >= 0.6 is 11.6 Å². The number of hydrogen-bond acceptors (Lipinski definition) is 5. The summed E-state index contributed by atoms with van der Waals surface area (Å²) < 4.78 is 14.2. The van der Waals surface area contributed by atoms with Crippen molar-refractivity contribution >= 4 is 39.2 Å². The summed E-state index contributed by atoms with van der Waals surface area (Å²) >= 11 is 6.58. The molecule has 0 radical (unpaired) electrons. The second-order valence-electron chi connectivity index (χ2n) is 8.43. The van der Waals surface area contributed by atoms with Gasteiger partial charge in [-0.15, -0.1) is 0 Å². The second-order valence-corrected chi connectivity index (χ2v) is 8.83. The molecule has 0 aliphatic heterocycles. The van der Waals surface area contributed by atoms with Crippen LogP contribution in [0.5, 0.6) is 11.5 Å². The van der Waals surface area contributed by atoms with E-state index in [1.54, 1.807) is 35.6 Å². The van der Waals surface area contributed by atoms with Crippen molar-refractivity contribution in [2.24, 2.45) is 0 Å². The molecule has 7 nitrogen and oxygen atoms in total. The SMILES string of the molecule is COc1ccc(Cn2c(=O)c3c(N(C)C)n(-c4cc(OC)ccc4Cl)nc3c3ccccc32)cc1. The van der Waals surface area contributed by atoms with E-state index in [4.69, 9.17) is 26.2 Å². The van der Waals surface area contributed by atoms with Crippen LogP contribution in [0.15, 0.2) is 71.5 Å². The maximum atomic E-state index is 14.0. The number of hydrogen-bond donors (Lipinski definition) is 0. The van der Waals surface area contributed by atoms with Crippen LogP contribution in [0.3, 0.4) is 0 Å². The van der Waals surface area contributed by atoms with Crippen molar-refractivity contribution in [2.45, 2.75) is 6.54 Å². The highest BCUT2D eigenvalue weighted by Gasteiger charge is 2.23. The maximum absolute atomic E-state index is 14.0. The monoisotopic (exact) mass is 488 g/mol. The van der Waals surface area contributed by atoms with Gasteiger partial charge in [-0.25, -0.2) is 4.68 Å². The lowest BCUT2D eigenvalue weighted by Crippen LogP contribution is -2.23. The normalized spacial score (nSPS) is 11.2. The molecule has 178 valence electrons. The van der Waals surface area contributed by atoms with Gasteiger partial charge in [0, 0.05) is 25.5 Å². The number of para-hydroxylation sites is 1. The number of nitrogens with zero attached hydrogens (tertiary/aromatic N) is 4. The Bertz CT molecular complexity index is 1600. The topological polar surface area (TPSA) is 61.5 Å². The van der Waals surface area contributed by atoms with Gasteiger partial charge in [0.25, 0.3) is 5.56 Å². The fourth-order valence-corrected chi connectivity index (χ4v) is 4.58.